The maximum absolute atomic E-state index is 10.9. The monoisotopic (exact) mass is 203 g/mol. The summed E-state index contributed by atoms with van der Waals surface area (Å²) in [5.74, 6) is -0.376. The molecule has 1 amide bonds. The van der Waals surface area contributed by atoms with Crippen LogP contribution in [-0.4, -0.2) is 43.0 Å². The van der Waals surface area contributed by atoms with E-state index in [1.54, 1.807) is 0 Å². The van der Waals surface area contributed by atoms with Crippen LogP contribution in [0.25, 0.3) is 0 Å². The highest BCUT2D eigenvalue weighted by Crippen LogP contribution is 2.18. The molecule has 0 aromatic rings. The third-order valence-electron chi connectivity index (χ3n) is 2.18. The minimum absolute atomic E-state index is 0.0827. The van der Waals surface area contributed by atoms with E-state index in [4.69, 9.17) is 5.11 Å². The van der Waals surface area contributed by atoms with Crippen molar-refractivity contribution < 1.29 is 24.2 Å². The number of amides is 1. The molecule has 2 N–H and O–H groups in total. The van der Waals surface area contributed by atoms with Crippen LogP contribution in [0.15, 0.2) is 0 Å². The molecule has 1 rings (SSSR count). The number of rotatable bonds is 4. The molecule has 1 atom stereocenters. The van der Waals surface area contributed by atoms with Gasteiger partial charge in [0.05, 0.1) is 13.7 Å². The fraction of sp³-hybridized carbons (Fsp3) is 0.750. The predicted molar refractivity (Wildman–Crippen MR) is 45.6 cm³/mol. The van der Waals surface area contributed by atoms with Gasteiger partial charge >= 0.3 is 12.1 Å². The van der Waals surface area contributed by atoms with Crippen molar-refractivity contribution in [3.63, 3.8) is 0 Å². The molecule has 1 aliphatic rings. The molecule has 0 saturated carbocycles. The van der Waals surface area contributed by atoms with Crippen LogP contribution in [0.2, 0.25) is 0 Å². The van der Waals surface area contributed by atoms with Gasteiger partial charge in [-0.25, -0.2) is 4.79 Å². The van der Waals surface area contributed by atoms with E-state index in [-0.39, 0.29) is 25.6 Å². The summed E-state index contributed by atoms with van der Waals surface area (Å²) in [6, 6.07) is 0. The van der Waals surface area contributed by atoms with Crippen LogP contribution >= 0.6 is 0 Å². The number of hydrogen-bond donors (Lipinski definition) is 2. The molecular formula is C8H13NO5. The first-order chi connectivity index (χ1) is 6.62. The van der Waals surface area contributed by atoms with E-state index in [1.165, 1.54) is 7.11 Å². The first kappa shape index (κ1) is 10.8. The topological polar surface area (TPSA) is 84.9 Å². The molecule has 0 spiro atoms. The lowest BCUT2D eigenvalue weighted by molar-refractivity contribution is -0.141. The molecule has 6 nitrogen and oxygen atoms in total. The zero-order valence-electron chi connectivity index (χ0n) is 7.91. The van der Waals surface area contributed by atoms with E-state index in [9.17, 15) is 9.59 Å². The second-order valence-corrected chi connectivity index (χ2v) is 3.22. The fourth-order valence-corrected chi connectivity index (χ4v) is 1.23. The van der Waals surface area contributed by atoms with E-state index in [1.807, 2.05) is 0 Å². The molecule has 14 heavy (non-hydrogen) atoms. The van der Waals surface area contributed by atoms with E-state index in [0.29, 0.717) is 6.42 Å². The van der Waals surface area contributed by atoms with Gasteiger partial charge in [0, 0.05) is 6.42 Å². The molecule has 1 heterocycles. The van der Waals surface area contributed by atoms with E-state index >= 15 is 0 Å². The second-order valence-electron chi connectivity index (χ2n) is 3.22. The number of aliphatic hydroxyl groups excluding tert-OH is 1. The summed E-state index contributed by atoms with van der Waals surface area (Å²) in [5.41, 5.74) is -0.828. The van der Waals surface area contributed by atoms with Gasteiger partial charge in [0.1, 0.15) is 12.1 Å². The Labute approximate surface area is 81.2 Å². The van der Waals surface area contributed by atoms with Gasteiger partial charge in [-0.15, -0.1) is 0 Å². The first-order valence-corrected chi connectivity index (χ1v) is 4.24. The smallest absolute Gasteiger partial charge is 0.407 e. The summed E-state index contributed by atoms with van der Waals surface area (Å²) in [5, 5.41) is 11.6. The molecule has 1 saturated heterocycles. The maximum atomic E-state index is 10.9. The van der Waals surface area contributed by atoms with Crippen molar-refractivity contribution >= 4 is 12.1 Å². The maximum Gasteiger partial charge on any atom is 0.407 e. The Morgan fingerprint density at radius 2 is 2.50 bits per heavy atom. The Kier molecular flexibility index (Phi) is 3.29. The lowest BCUT2D eigenvalue weighted by Crippen LogP contribution is -2.47. The number of aliphatic hydroxyl groups is 1. The van der Waals surface area contributed by atoms with Crippen LogP contribution in [0.1, 0.15) is 12.8 Å². The number of nitrogens with one attached hydrogen (secondary N) is 1. The van der Waals surface area contributed by atoms with Crippen molar-refractivity contribution in [2.75, 3.05) is 20.3 Å². The van der Waals surface area contributed by atoms with Gasteiger partial charge in [0.25, 0.3) is 0 Å². The second kappa shape index (κ2) is 4.28. The summed E-state index contributed by atoms with van der Waals surface area (Å²) < 4.78 is 9.12. The summed E-state index contributed by atoms with van der Waals surface area (Å²) in [6.45, 7) is -0.172. The number of cyclic esters (lactones) is 1. The Hall–Kier alpha value is -1.30. The van der Waals surface area contributed by atoms with E-state index < -0.39 is 11.6 Å². The quantitative estimate of drug-likeness (QED) is 0.596. The molecule has 0 aromatic heterocycles. The Morgan fingerprint density at radius 1 is 1.79 bits per heavy atom. The predicted octanol–water partition coefficient (Wildman–Crippen LogP) is -0.590. The van der Waals surface area contributed by atoms with Crippen LogP contribution in [0.4, 0.5) is 4.79 Å². The third kappa shape index (κ3) is 2.35. The zero-order valence-corrected chi connectivity index (χ0v) is 7.91. The minimum Gasteiger partial charge on any atom is -0.469 e. The van der Waals surface area contributed by atoms with Crippen LogP contribution in [0.5, 0.6) is 0 Å². The lowest BCUT2D eigenvalue weighted by Gasteiger charge is -2.22. The van der Waals surface area contributed by atoms with Crippen molar-refractivity contribution in [1.29, 1.82) is 0 Å². The van der Waals surface area contributed by atoms with Crippen LogP contribution < -0.4 is 5.32 Å². The van der Waals surface area contributed by atoms with Crippen LogP contribution in [0, 0.1) is 0 Å². The molecule has 1 fully saturated rings. The number of ether oxygens (including phenoxy) is 2. The molecule has 0 radical (unpaired) electrons. The standard InChI is InChI=1S/C8H13NO5/c1-13-6(11)2-3-8(4-10)5-14-7(12)9-8/h10H,2-5H2,1H3,(H,9,12)/t8-/m1/s1. The Morgan fingerprint density at radius 3 is 2.93 bits per heavy atom. The normalized spacial score (nSPS) is 25.4. The number of alkyl carbamates (subject to hydrolysis) is 1. The molecule has 80 valence electrons. The van der Waals surface area contributed by atoms with E-state index in [2.05, 4.69) is 14.8 Å². The molecule has 0 aromatic carbocycles. The average molecular weight is 203 g/mol. The highest BCUT2D eigenvalue weighted by Gasteiger charge is 2.39. The zero-order chi connectivity index (χ0) is 10.6. The molecule has 0 unspecified atom stereocenters. The first-order valence-electron chi connectivity index (χ1n) is 4.24. The summed E-state index contributed by atoms with van der Waals surface area (Å²) in [7, 11) is 1.29. The lowest BCUT2D eigenvalue weighted by atomic mass is 9.96. The van der Waals surface area contributed by atoms with Crippen molar-refractivity contribution in [2.24, 2.45) is 0 Å². The number of carbonyl (C=O) groups is 2. The van der Waals surface area contributed by atoms with Crippen molar-refractivity contribution in [2.45, 2.75) is 18.4 Å². The van der Waals surface area contributed by atoms with Crippen molar-refractivity contribution in [3.8, 4) is 0 Å². The summed E-state index contributed by atoms with van der Waals surface area (Å²) >= 11 is 0. The largest absolute Gasteiger partial charge is 0.469 e. The number of methoxy groups -OCH3 is 1. The van der Waals surface area contributed by atoms with Gasteiger partial charge < -0.3 is 19.9 Å². The van der Waals surface area contributed by atoms with Crippen LogP contribution in [0.3, 0.4) is 0 Å². The van der Waals surface area contributed by atoms with Gasteiger partial charge in [0.15, 0.2) is 0 Å². The minimum atomic E-state index is -0.828. The highest BCUT2D eigenvalue weighted by molar-refractivity contribution is 5.72. The Bertz CT molecular complexity index is 242. The van der Waals surface area contributed by atoms with Gasteiger partial charge in [-0.05, 0) is 6.42 Å². The molecule has 0 bridgehead atoms. The van der Waals surface area contributed by atoms with Crippen molar-refractivity contribution in [1.82, 2.24) is 5.32 Å². The Balaban J connectivity index is 2.46. The SMILES string of the molecule is COC(=O)CC[C@@]1(CO)COC(=O)N1. The number of carbonyl (C=O) groups excluding carboxylic acids is 2. The average Bonchev–Trinajstić information content (AvgIpc) is 2.57. The molecule has 0 aliphatic carbocycles. The number of esters is 1. The van der Waals surface area contributed by atoms with E-state index in [0.717, 1.165) is 0 Å². The van der Waals surface area contributed by atoms with Gasteiger partial charge in [0.2, 0.25) is 0 Å². The number of hydrogen-bond acceptors (Lipinski definition) is 5. The highest BCUT2D eigenvalue weighted by atomic mass is 16.6. The fourth-order valence-electron chi connectivity index (χ4n) is 1.23. The van der Waals surface area contributed by atoms with Crippen LogP contribution in [-0.2, 0) is 14.3 Å². The van der Waals surface area contributed by atoms with Gasteiger partial charge in [-0.3, -0.25) is 4.79 Å². The van der Waals surface area contributed by atoms with Crippen molar-refractivity contribution in [3.05, 3.63) is 0 Å². The summed E-state index contributed by atoms with van der Waals surface area (Å²) in [6.07, 6.45) is -0.119. The summed E-state index contributed by atoms with van der Waals surface area (Å²) in [4.78, 5) is 21.6. The molecular weight excluding hydrogens is 190 g/mol. The van der Waals surface area contributed by atoms with Gasteiger partial charge in [-0.2, -0.15) is 0 Å². The molecule has 1 aliphatic heterocycles. The van der Waals surface area contributed by atoms with Gasteiger partial charge in [-0.1, -0.05) is 0 Å². The molecule has 6 heteroatoms. The third-order valence-corrected chi connectivity index (χ3v) is 2.18.